The highest BCUT2D eigenvalue weighted by molar-refractivity contribution is 6.08. The van der Waals surface area contributed by atoms with E-state index in [0.717, 1.165) is 28.8 Å². The number of aromatic hydroxyl groups is 1. The van der Waals surface area contributed by atoms with E-state index in [-0.39, 0.29) is 34.3 Å². The fourth-order valence-corrected chi connectivity index (χ4v) is 3.47. The van der Waals surface area contributed by atoms with Crippen molar-refractivity contribution in [3.8, 4) is 11.8 Å². The number of rotatable bonds is 4. The number of alkyl halides is 3. The van der Waals surface area contributed by atoms with Gasteiger partial charge < -0.3 is 10.4 Å². The number of phenolic OH excluding ortho intramolecular Hbond substituents is 1. The standard InChI is InChI=1S/C24H14F4N4O3/c25-17-9-14(8-15(10-29)21(17)33)22(34)31-19-6-2-5-18-20(19)23(35)32(12-30-18)11-13-3-1-4-16(7-13)24(26,27)28/h1-9,12,33H,11H2,(H,31,34). The number of hydrogen-bond donors (Lipinski definition) is 2. The number of fused-ring (bicyclic) bond motifs is 1. The molecule has 0 aliphatic heterocycles. The summed E-state index contributed by atoms with van der Waals surface area (Å²) < 4.78 is 54.1. The SMILES string of the molecule is N#Cc1cc(C(=O)Nc2cccc3ncn(Cc4cccc(C(F)(F)F)c4)c(=O)c23)cc(F)c1O. The Morgan fingerprint density at radius 3 is 2.60 bits per heavy atom. The number of halogens is 4. The van der Waals surface area contributed by atoms with Crippen molar-refractivity contribution in [2.45, 2.75) is 12.7 Å². The van der Waals surface area contributed by atoms with E-state index in [9.17, 15) is 32.3 Å². The number of nitriles is 1. The molecule has 4 rings (SSSR count). The van der Waals surface area contributed by atoms with Crippen LogP contribution in [0.25, 0.3) is 10.9 Å². The zero-order chi connectivity index (χ0) is 25.3. The van der Waals surface area contributed by atoms with Crippen LogP contribution in [0.15, 0.2) is 65.7 Å². The zero-order valence-corrected chi connectivity index (χ0v) is 17.6. The van der Waals surface area contributed by atoms with Crippen LogP contribution >= 0.6 is 0 Å². The second kappa shape index (κ2) is 8.90. The van der Waals surface area contributed by atoms with Crippen molar-refractivity contribution in [1.82, 2.24) is 9.55 Å². The van der Waals surface area contributed by atoms with E-state index < -0.39 is 40.3 Å². The number of benzene rings is 3. The molecule has 0 saturated heterocycles. The predicted molar refractivity (Wildman–Crippen MR) is 117 cm³/mol. The Labute approximate surface area is 194 Å². The van der Waals surface area contributed by atoms with Gasteiger partial charge in [-0.3, -0.25) is 14.2 Å². The highest BCUT2D eigenvalue weighted by Crippen LogP contribution is 2.30. The second-order valence-electron chi connectivity index (χ2n) is 7.50. The number of anilines is 1. The Morgan fingerprint density at radius 1 is 1.14 bits per heavy atom. The van der Waals surface area contributed by atoms with Crippen LogP contribution in [0, 0.1) is 17.1 Å². The summed E-state index contributed by atoms with van der Waals surface area (Å²) in [7, 11) is 0. The molecule has 1 heterocycles. The van der Waals surface area contributed by atoms with E-state index >= 15 is 0 Å². The van der Waals surface area contributed by atoms with E-state index in [2.05, 4.69) is 10.3 Å². The van der Waals surface area contributed by atoms with E-state index in [0.29, 0.717) is 0 Å². The number of aromatic nitrogens is 2. The molecule has 0 fully saturated rings. The Morgan fingerprint density at radius 2 is 1.89 bits per heavy atom. The van der Waals surface area contributed by atoms with Crippen molar-refractivity contribution in [2.24, 2.45) is 0 Å². The molecule has 0 saturated carbocycles. The molecule has 1 amide bonds. The first-order valence-corrected chi connectivity index (χ1v) is 9.96. The van der Waals surface area contributed by atoms with E-state index in [1.165, 1.54) is 36.7 Å². The molecule has 0 radical (unpaired) electrons. The normalized spacial score (nSPS) is 11.3. The lowest BCUT2D eigenvalue weighted by atomic mass is 10.1. The van der Waals surface area contributed by atoms with Gasteiger partial charge in [0, 0.05) is 5.56 Å². The lowest BCUT2D eigenvalue weighted by molar-refractivity contribution is -0.137. The largest absolute Gasteiger partial charge is 0.504 e. The Bertz CT molecular complexity index is 1570. The van der Waals surface area contributed by atoms with E-state index in [1.807, 2.05) is 0 Å². The van der Waals surface area contributed by atoms with Gasteiger partial charge in [-0.25, -0.2) is 9.37 Å². The van der Waals surface area contributed by atoms with Gasteiger partial charge >= 0.3 is 6.18 Å². The molecule has 11 heteroatoms. The summed E-state index contributed by atoms with van der Waals surface area (Å²) in [6.45, 7) is -0.206. The molecule has 7 nitrogen and oxygen atoms in total. The molecule has 35 heavy (non-hydrogen) atoms. The lowest BCUT2D eigenvalue weighted by Gasteiger charge is -2.12. The minimum atomic E-state index is -4.54. The molecule has 0 aliphatic carbocycles. The second-order valence-corrected chi connectivity index (χ2v) is 7.50. The van der Waals surface area contributed by atoms with Crippen LogP contribution in [0.5, 0.6) is 5.75 Å². The van der Waals surface area contributed by atoms with Gasteiger partial charge in [-0.15, -0.1) is 0 Å². The summed E-state index contributed by atoms with van der Waals surface area (Å²) >= 11 is 0. The molecule has 0 atom stereocenters. The summed E-state index contributed by atoms with van der Waals surface area (Å²) in [4.78, 5) is 30.0. The summed E-state index contributed by atoms with van der Waals surface area (Å²) in [5.74, 6) is -2.92. The van der Waals surface area contributed by atoms with Crippen molar-refractivity contribution in [3.63, 3.8) is 0 Å². The topological polar surface area (TPSA) is 108 Å². The molecular formula is C24H14F4N4O3. The maximum atomic E-state index is 13.9. The average Bonchev–Trinajstić information content (AvgIpc) is 2.82. The van der Waals surface area contributed by atoms with Crippen molar-refractivity contribution in [1.29, 1.82) is 5.26 Å². The third-order valence-electron chi connectivity index (χ3n) is 5.15. The first kappa shape index (κ1) is 23.4. The maximum absolute atomic E-state index is 13.9. The average molecular weight is 482 g/mol. The molecule has 2 N–H and O–H groups in total. The molecule has 3 aromatic carbocycles. The van der Waals surface area contributed by atoms with Crippen LogP contribution in [0.4, 0.5) is 23.2 Å². The monoisotopic (exact) mass is 482 g/mol. The summed E-state index contributed by atoms with van der Waals surface area (Å²) in [6, 6.07) is 12.2. The lowest BCUT2D eigenvalue weighted by Crippen LogP contribution is -2.23. The minimum Gasteiger partial charge on any atom is -0.504 e. The molecule has 0 spiro atoms. The highest BCUT2D eigenvalue weighted by atomic mass is 19.4. The van der Waals surface area contributed by atoms with Crippen molar-refractivity contribution >= 4 is 22.5 Å². The maximum Gasteiger partial charge on any atom is 0.416 e. The number of carbonyl (C=O) groups is 1. The third kappa shape index (κ3) is 4.67. The third-order valence-corrected chi connectivity index (χ3v) is 5.15. The first-order valence-electron chi connectivity index (χ1n) is 9.96. The van der Waals surface area contributed by atoms with Crippen LogP contribution in [0.1, 0.15) is 27.0 Å². The van der Waals surface area contributed by atoms with Crippen molar-refractivity contribution in [2.75, 3.05) is 5.32 Å². The van der Waals surface area contributed by atoms with Gasteiger partial charge in [-0.1, -0.05) is 18.2 Å². The van der Waals surface area contributed by atoms with Crippen LogP contribution in [-0.2, 0) is 12.7 Å². The number of hydrogen-bond acceptors (Lipinski definition) is 5. The fourth-order valence-electron chi connectivity index (χ4n) is 3.47. The first-order chi connectivity index (χ1) is 16.6. The smallest absolute Gasteiger partial charge is 0.416 e. The number of phenols is 1. The van der Waals surface area contributed by atoms with Gasteiger partial charge in [-0.2, -0.15) is 18.4 Å². The molecule has 176 valence electrons. The number of carbonyl (C=O) groups excluding carboxylic acids is 1. The molecule has 0 unspecified atom stereocenters. The Hall–Kier alpha value is -4.72. The van der Waals surface area contributed by atoms with Gasteiger partial charge in [0.05, 0.1) is 40.6 Å². The Kier molecular flexibility index (Phi) is 5.96. The van der Waals surface area contributed by atoms with Gasteiger partial charge in [0.2, 0.25) is 0 Å². The van der Waals surface area contributed by atoms with Crippen molar-refractivity contribution < 1.29 is 27.5 Å². The van der Waals surface area contributed by atoms with Gasteiger partial charge in [-0.05, 0) is 42.0 Å². The van der Waals surface area contributed by atoms with E-state index in [4.69, 9.17) is 5.26 Å². The van der Waals surface area contributed by atoms with Gasteiger partial charge in [0.25, 0.3) is 11.5 Å². The van der Waals surface area contributed by atoms with Crippen LogP contribution in [0.2, 0.25) is 0 Å². The quantitative estimate of drug-likeness (QED) is 0.419. The predicted octanol–water partition coefficient (Wildman–Crippen LogP) is 4.43. The zero-order valence-electron chi connectivity index (χ0n) is 17.6. The summed E-state index contributed by atoms with van der Waals surface area (Å²) in [5, 5.41) is 21.0. The van der Waals surface area contributed by atoms with Crippen molar-refractivity contribution in [3.05, 3.63) is 99.3 Å². The number of amides is 1. The highest BCUT2D eigenvalue weighted by Gasteiger charge is 2.30. The molecular weight excluding hydrogens is 468 g/mol. The minimum absolute atomic E-state index is 0.0184. The molecule has 4 aromatic rings. The molecule has 0 bridgehead atoms. The summed E-state index contributed by atoms with van der Waals surface area (Å²) in [6.07, 6.45) is -3.36. The van der Waals surface area contributed by atoms with Crippen LogP contribution in [-0.4, -0.2) is 20.6 Å². The Balaban J connectivity index is 1.72. The summed E-state index contributed by atoms with van der Waals surface area (Å²) in [5.41, 5.74) is -1.76. The van der Waals surface area contributed by atoms with Crippen LogP contribution < -0.4 is 10.9 Å². The fraction of sp³-hybridized carbons (Fsp3) is 0.0833. The molecule has 0 aliphatic rings. The molecule has 1 aromatic heterocycles. The van der Waals surface area contributed by atoms with Gasteiger partial charge in [0.15, 0.2) is 11.6 Å². The van der Waals surface area contributed by atoms with Gasteiger partial charge in [0.1, 0.15) is 6.07 Å². The number of nitrogens with zero attached hydrogens (tertiary/aromatic N) is 3. The van der Waals surface area contributed by atoms with E-state index in [1.54, 1.807) is 6.07 Å². The van der Waals surface area contributed by atoms with Crippen LogP contribution in [0.3, 0.4) is 0 Å². The number of nitrogens with one attached hydrogen (secondary N) is 1.